The molecule has 1 N–H and O–H groups in total. The van der Waals surface area contributed by atoms with E-state index in [0.29, 0.717) is 0 Å². The third kappa shape index (κ3) is 4.45. The highest BCUT2D eigenvalue weighted by Gasteiger charge is 2.10. The van der Waals surface area contributed by atoms with Gasteiger partial charge in [0.1, 0.15) is 0 Å². The van der Waals surface area contributed by atoms with Gasteiger partial charge in [0.05, 0.1) is 8.80 Å². The Morgan fingerprint density at radius 2 is 2.06 bits per heavy atom. The number of carbonyl (C=O) groups excluding carboxylic acids is 1. The van der Waals surface area contributed by atoms with Crippen LogP contribution in [-0.4, -0.2) is 36.1 Å². The zero-order valence-electron chi connectivity index (χ0n) is 10.8. The maximum atomic E-state index is 10.7. The summed E-state index contributed by atoms with van der Waals surface area (Å²) in [5.41, 5.74) is 0.950. The van der Waals surface area contributed by atoms with Crippen LogP contribution in [0.1, 0.15) is 0 Å². The van der Waals surface area contributed by atoms with Crippen molar-refractivity contribution in [3.8, 4) is 0 Å². The molecule has 3 nitrogen and oxygen atoms in total. The average Bonchev–Trinajstić information content (AvgIpc) is 2.35. The lowest BCUT2D eigenvalue weighted by Crippen LogP contribution is -2.28. The van der Waals surface area contributed by atoms with E-state index in [9.17, 15) is 9.59 Å². The number of anilines is 1. The maximum Gasteiger partial charge on any atom is 0.213 e. The summed E-state index contributed by atoms with van der Waals surface area (Å²) >= 11 is 0. The predicted octanol–water partition coefficient (Wildman–Crippen LogP) is 0.689. The molecule has 1 aromatic carbocycles. The van der Waals surface area contributed by atoms with E-state index in [1.54, 1.807) is 11.9 Å². The van der Waals surface area contributed by atoms with Crippen molar-refractivity contribution in [2.45, 2.75) is 25.2 Å². The first kappa shape index (κ1) is 14.1. The number of rotatable bonds is 6. The molecule has 5 heteroatoms. The largest absolute Gasteiger partial charge is 0.435 e. The van der Waals surface area contributed by atoms with Crippen molar-refractivity contribution in [3.63, 3.8) is 0 Å². The molecule has 0 heterocycles. The molecule has 1 rings (SSSR count). The van der Waals surface area contributed by atoms with E-state index in [0.717, 1.165) is 24.2 Å². The van der Waals surface area contributed by atoms with Crippen molar-refractivity contribution < 1.29 is 9.59 Å². The average molecular weight is 267 g/mol. The lowest BCUT2D eigenvalue weighted by atomic mass is 10.3. The van der Waals surface area contributed by atoms with Gasteiger partial charge in [-0.05, 0) is 24.7 Å². The molecule has 0 aliphatic carbocycles. The summed E-state index contributed by atoms with van der Waals surface area (Å²) < 4.78 is 0. The van der Waals surface area contributed by atoms with Crippen LogP contribution >= 0.6 is 0 Å². The van der Waals surface area contributed by atoms with Crippen molar-refractivity contribution in [3.05, 3.63) is 24.3 Å². The Morgan fingerprint density at radius 3 is 2.65 bits per heavy atom. The van der Waals surface area contributed by atoms with Crippen LogP contribution in [0.4, 0.5) is 5.69 Å². The van der Waals surface area contributed by atoms with Gasteiger partial charge in [-0.2, -0.15) is 0 Å². The molecule has 0 spiro atoms. The highest BCUT2D eigenvalue weighted by molar-refractivity contribution is 6.73. The fraction of sp³-hybridized carbons (Fsp3) is 0.417. The smallest absolute Gasteiger partial charge is 0.213 e. The summed E-state index contributed by atoms with van der Waals surface area (Å²) in [6, 6.07) is 10.4. The van der Waals surface area contributed by atoms with Gasteiger partial charge in [-0.3, -0.25) is 4.79 Å². The van der Waals surface area contributed by atoms with Crippen molar-refractivity contribution in [2.75, 3.05) is 11.9 Å². The Balaban J connectivity index is 2.73. The lowest BCUT2D eigenvalue weighted by molar-refractivity contribution is -0.107. The number of benzene rings is 1. The third-order valence-electron chi connectivity index (χ3n) is 3.02. The van der Waals surface area contributed by atoms with E-state index in [2.05, 4.69) is 18.7 Å². The van der Waals surface area contributed by atoms with Gasteiger partial charge >= 0.3 is 0 Å². The van der Waals surface area contributed by atoms with Crippen molar-refractivity contribution in [2.24, 2.45) is 0 Å². The Hall–Kier alpha value is -0.916. The zero-order valence-corrected chi connectivity index (χ0v) is 13.1. The van der Waals surface area contributed by atoms with Crippen molar-refractivity contribution in [1.29, 1.82) is 0 Å². The second kappa shape index (κ2) is 6.73. The molecule has 0 saturated carbocycles. The molecule has 0 bridgehead atoms. The minimum absolute atomic E-state index is 0.827. The molecule has 2 atom stereocenters. The van der Waals surface area contributed by atoms with E-state index in [-0.39, 0.29) is 0 Å². The van der Waals surface area contributed by atoms with Gasteiger partial charge in [0.15, 0.2) is 9.04 Å². The van der Waals surface area contributed by atoms with Crippen LogP contribution in [0.3, 0.4) is 0 Å². The molecule has 17 heavy (non-hydrogen) atoms. The number of nitrogens with zero attached hydrogens (tertiary/aromatic N) is 1. The summed E-state index contributed by atoms with van der Waals surface area (Å²) in [6.07, 6.45) is 0.827. The van der Waals surface area contributed by atoms with Gasteiger partial charge in [-0.25, -0.2) is 0 Å². The number of amides is 1. The van der Waals surface area contributed by atoms with Crippen LogP contribution in [0.2, 0.25) is 25.2 Å². The topological polar surface area (TPSA) is 40.5 Å². The van der Waals surface area contributed by atoms with E-state index >= 15 is 0 Å². The first-order chi connectivity index (χ1) is 8.04. The van der Waals surface area contributed by atoms with E-state index in [1.807, 2.05) is 18.7 Å². The molecule has 94 valence electrons. The van der Waals surface area contributed by atoms with E-state index in [1.165, 1.54) is 5.19 Å². The Kier molecular flexibility index (Phi) is 5.60. The standard InChI is InChI=1S/C12H21NO2Si2/c1-13(10-14)11-5-4-6-12(9-11)16(2)7-8-17(3)15/h4-6,9-10,15-17H,7-8H2,1-3H3. The monoisotopic (exact) mass is 267 g/mol. The number of carbonyl (C=O) groups is 1. The molecule has 0 radical (unpaired) electrons. The Morgan fingerprint density at radius 1 is 1.35 bits per heavy atom. The molecule has 0 aliphatic heterocycles. The molecular formula is C12H21NO2Si2. The van der Waals surface area contributed by atoms with Crippen LogP contribution in [0.25, 0.3) is 0 Å². The Bertz CT molecular complexity index is 371. The molecule has 2 unspecified atom stereocenters. The first-order valence-corrected chi connectivity index (χ1v) is 11.0. The minimum Gasteiger partial charge on any atom is -0.435 e. The summed E-state index contributed by atoms with van der Waals surface area (Å²) in [5, 5.41) is 1.37. The molecule has 0 aliphatic rings. The van der Waals surface area contributed by atoms with E-state index in [4.69, 9.17) is 0 Å². The first-order valence-electron chi connectivity index (χ1n) is 6.00. The summed E-state index contributed by atoms with van der Waals surface area (Å²) in [6.45, 7) is 4.27. The zero-order chi connectivity index (χ0) is 12.8. The molecular weight excluding hydrogens is 246 g/mol. The number of hydrogen-bond donors (Lipinski definition) is 1. The molecule has 0 aromatic heterocycles. The van der Waals surface area contributed by atoms with Crippen LogP contribution in [0.5, 0.6) is 0 Å². The van der Waals surface area contributed by atoms with Gasteiger partial charge in [0.2, 0.25) is 6.41 Å². The second-order valence-corrected chi connectivity index (χ2v) is 9.96. The van der Waals surface area contributed by atoms with Crippen molar-refractivity contribution >= 4 is 35.1 Å². The van der Waals surface area contributed by atoms with Gasteiger partial charge < -0.3 is 9.70 Å². The van der Waals surface area contributed by atoms with Gasteiger partial charge in [-0.1, -0.05) is 29.9 Å². The quantitative estimate of drug-likeness (QED) is 0.608. The van der Waals surface area contributed by atoms with Crippen molar-refractivity contribution in [1.82, 2.24) is 0 Å². The summed E-state index contributed by atoms with van der Waals surface area (Å²) in [5.74, 6) is 0. The molecule has 0 saturated heterocycles. The predicted molar refractivity (Wildman–Crippen MR) is 78.4 cm³/mol. The molecule has 0 fully saturated rings. The SMILES string of the molecule is CN(C=O)c1cccc([SiH](C)CC[SiH](C)O)c1. The van der Waals surface area contributed by atoms with Crippen LogP contribution < -0.4 is 10.1 Å². The van der Waals surface area contributed by atoms with E-state index < -0.39 is 17.8 Å². The van der Waals surface area contributed by atoms with Gasteiger partial charge in [0, 0.05) is 12.7 Å². The highest BCUT2D eigenvalue weighted by atomic mass is 28.3. The molecule has 1 aromatic rings. The maximum absolute atomic E-state index is 10.7. The minimum atomic E-state index is -1.42. The van der Waals surface area contributed by atoms with Crippen LogP contribution in [0.15, 0.2) is 24.3 Å². The fourth-order valence-corrected chi connectivity index (χ4v) is 6.93. The second-order valence-electron chi connectivity index (χ2n) is 4.64. The van der Waals surface area contributed by atoms with Gasteiger partial charge in [0.25, 0.3) is 0 Å². The lowest BCUT2D eigenvalue weighted by Gasteiger charge is -2.15. The van der Waals surface area contributed by atoms with Crippen LogP contribution in [0, 0.1) is 0 Å². The van der Waals surface area contributed by atoms with Crippen LogP contribution in [-0.2, 0) is 4.79 Å². The third-order valence-corrected chi connectivity index (χ3v) is 7.55. The molecule has 1 amide bonds. The fourth-order valence-electron chi connectivity index (χ4n) is 1.77. The van der Waals surface area contributed by atoms with Gasteiger partial charge in [-0.15, -0.1) is 0 Å². The number of hydrogen-bond acceptors (Lipinski definition) is 2. The highest BCUT2D eigenvalue weighted by Crippen LogP contribution is 2.10. The summed E-state index contributed by atoms with van der Waals surface area (Å²) in [4.78, 5) is 21.7. The Labute approximate surface area is 106 Å². The normalized spacial score (nSPS) is 14.1. The summed E-state index contributed by atoms with van der Waals surface area (Å²) in [7, 11) is -0.620.